The van der Waals surface area contributed by atoms with E-state index >= 15 is 0 Å². The number of anilines is 1. The second kappa shape index (κ2) is 7.44. The normalized spacial score (nSPS) is 13.1. The van der Waals surface area contributed by atoms with E-state index in [4.69, 9.17) is 4.74 Å². The molecule has 0 bridgehead atoms. The molecule has 150 valence electrons. The van der Waals surface area contributed by atoms with E-state index in [1.807, 2.05) is 24.3 Å². The highest BCUT2D eigenvalue weighted by Crippen LogP contribution is 2.38. The number of nitrogens with zero attached hydrogens (tertiary/aromatic N) is 1. The molecule has 2 aromatic carbocycles. The average Bonchev–Trinajstić information content (AvgIpc) is 2.67. The van der Waals surface area contributed by atoms with E-state index in [9.17, 15) is 21.6 Å². The number of rotatable bonds is 5. The smallest absolute Gasteiger partial charge is 0.349 e. The molecule has 28 heavy (non-hydrogen) atoms. The third-order valence-corrected chi connectivity index (χ3v) is 8.48. The Morgan fingerprint density at radius 1 is 1.00 bits per heavy atom. The first kappa shape index (κ1) is 20.2. The summed E-state index contributed by atoms with van der Waals surface area (Å²) in [5.74, 6) is -0.288. The first-order chi connectivity index (χ1) is 13.2. The van der Waals surface area contributed by atoms with Crippen LogP contribution in [0.1, 0.15) is 19.4 Å². The van der Waals surface area contributed by atoms with Crippen molar-refractivity contribution in [1.82, 2.24) is 3.71 Å². The second-order valence-corrected chi connectivity index (χ2v) is 10.5. The summed E-state index contributed by atoms with van der Waals surface area (Å²) >= 11 is 0. The minimum Gasteiger partial charge on any atom is -0.488 e. The summed E-state index contributed by atoms with van der Waals surface area (Å²) < 4.78 is 54.3. The fourth-order valence-corrected chi connectivity index (χ4v) is 5.94. The molecule has 0 fully saturated rings. The third kappa shape index (κ3) is 3.69. The molecule has 0 aromatic heterocycles. The van der Waals surface area contributed by atoms with Gasteiger partial charge in [0, 0.05) is 11.3 Å². The van der Waals surface area contributed by atoms with Crippen molar-refractivity contribution in [2.24, 2.45) is 0 Å². The van der Waals surface area contributed by atoms with Crippen LogP contribution in [0.3, 0.4) is 0 Å². The van der Waals surface area contributed by atoms with Crippen LogP contribution in [0.15, 0.2) is 42.5 Å². The molecule has 0 saturated carbocycles. The van der Waals surface area contributed by atoms with Gasteiger partial charge in [-0.05, 0) is 43.2 Å². The summed E-state index contributed by atoms with van der Waals surface area (Å²) in [5.41, 5.74) is 2.90. The maximum atomic E-state index is 12.5. The lowest BCUT2D eigenvalue weighted by molar-refractivity contribution is 0.247. The minimum absolute atomic E-state index is 0.0642. The molecule has 0 aliphatic carbocycles. The molecule has 0 saturated heterocycles. The van der Waals surface area contributed by atoms with Gasteiger partial charge in [0.2, 0.25) is 0 Å². The van der Waals surface area contributed by atoms with Crippen LogP contribution in [-0.2, 0) is 26.7 Å². The first-order valence-electron chi connectivity index (χ1n) is 8.61. The highest BCUT2D eigenvalue weighted by Gasteiger charge is 2.36. The van der Waals surface area contributed by atoms with Crippen LogP contribution in [0.5, 0.6) is 5.75 Å². The van der Waals surface area contributed by atoms with Crippen LogP contribution in [0.25, 0.3) is 11.1 Å². The van der Waals surface area contributed by atoms with Crippen molar-refractivity contribution in [3.8, 4) is 16.9 Å². The van der Waals surface area contributed by atoms with Gasteiger partial charge in [0.05, 0.1) is 11.5 Å². The Hall–Kier alpha value is -2.59. The maximum Gasteiger partial charge on any atom is 0.349 e. The standard InChI is InChI=1S/C18H20N2O6S2/c1-3-27(22,23)20(28(24,25)4-2)18(21)19-14-9-10-15-13(11-14)12-26-17-8-6-5-7-16(15)17/h5-11H,3-4,12H2,1-2H3,(H,19,21). The zero-order valence-corrected chi connectivity index (χ0v) is 17.0. The molecule has 1 heterocycles. The Balaban J connectivity index is 1.93. The van der Waals surface area contributed by atoms with E-state index in [2.05, 4.69) is 5.32 Å². The molecule has 0 spiro atoms. The van der Waals surface area contributed by atoms with Crippen LogP contribution in [0.2, 0.25) is 0 Å². The number of fused-ring (bicyclic) bond motifs is 3. The van der Waals surface area contributed by atoms with Gasteiger partial charge in [0.25, 0.3) is 20.0 Å². The van der Waals surface area contributed by atoms with Gasteiger partial charge in [-0.15, -0.1) is 3.71 Å². The summed E-state index contributed by atoms with van der Waals surface area (Å²) in [6, 6.07) is 11.3. The Morgan fingerprint density at radius 3 is 2.29 bits per heavy atom. The lowest BCUT2D eigenvalue weighted by atomic mass is 9.96. The van der Waals surface area contributed by atoms with Crippen molar-refractivity contribution in [3.05, 3.63) is 48.0 Å². The molecular formula is C18H20N2O6S2. The van der Waals surface area contributed by atoms with Gasteiger partial charge in [-0.1, -0.05) is 24.3 Å². The van der Waals surface area contributed by atoms with Crippen molar-refractivity contribution in [2.75, 3.05) is 16.8 Å². The number of benzene rings is 2. The van der Waals surface area contributed by atoms with E-state index in [1.165, 1.54) is 13.8 Å². The Kier molecular flexibility index (Phi) is 5.35. The Bertz CT molecular complexity index is 1090. The predicted molar refractivity (Wildman–Crippen MR) is 106 cm³/mol. The molecular weight excluding hydrogens is 404 g/mol. The summed E-state index contributed by atoms with van der Waals surface area (Å²) in [7, 11) is -8.60. The molecule has 3 rings (SSSR count). The van der Waals surface area contributed by atoms with Crippen LogP contribution in [0, 0.1) is 0 Å². The molecule has 1 aliphatic heterocycles. The fraction of sp³-hybridized carbons (Fsp3) is 0.278. The highest BCUT2D eigenvalue weighted by atomic mass is 32.3. The van der Waals surface area contributed by atoms with Crippen molar-refractivity contribution < 1.29 is 26.4 Å². The fourth-order valence-electron chi connectivity index (χ4n) is 2.85. The monoisotopic (exact) mass is 424 g/mol. The van der Waals surface area contributed by atoms with E-state index in [0.717, 1.165) is 22.4 Å². The number of urea groups is 1. The lowest BCUT2D eigenvalue weighted by Gasteiger charge is -2.23. The van der Waals surface area contributed by atoms with Gasteiger partial charge in [0.15, 0.2) is 0 Å². The minimum atomic E-state index is -4.30. The lowest BCUT2D eigenvalue weighted by Crippen LogP contribution is -2.45. The molecule has 10 heteroatoms. The van der Waals surface area contributed by atoms with Gasteiger partial charge in [0.1, 0.15) is 12.4 Å². The number of carbonyl (C=O) groups is 1. The van der Waals surface area contributed by atoms with Crippen molar-refractivity contribution in [1.29, 1.82) is 0 Å². The van der Waals surface area contributed by atoms with Crippen molar-refractivity contribution >= 4 is 31.8 Å². The molecule has 0 radical (unpaired) electrons. The van der Waals surface area contributed by atoms with Gasteiger partial charge in [-0.3, -0.25) is 0 Å². The van der Waals surface area contributed by atoms with E-state index in [-0.39, 0.29) is 16.0 Å². The second-order valence-electron chi connectivity index (χ2n) is 6.09. The SMILES string of the molecule is CCS(=O)(=O)N(C(=O)Nc1ccc2c(c1)COc1ccccc1-2)S(=O)(=O)CC. The van der Waals surface area contributed by atoms with Crippen LogP contribution < -0.4 is 10.1 Å². The van der Waals surface area contributed by atoms with E-state index in [1.54, 1.807) is 18.2 Å². The summed E-state index contributed by atoms with van der Waals surface area (Å²) in [5, 5.41) is 2.37. The quantitative estimate of drug-likeness (QED) is 0.790. The summed E-state index contributed by atoms with van der Waals surface area (Å²) in [4.78, 5) is 12.5. The number of amides is 2. The van der Waals surface area contributed by atoms with Crippen molar-refractivity contribution in [2.45, 2.75) is 20.5 Å². The van der Waals surface area contributed by atoms with Crippen LogP contribution in [0.4, 0.5) is 10.5 Å². The van der Waals surface area contributed by atoms with Crippen LogP contribution in [-0.4, -0.2) is 38.1 Å². The van der Waals surface area contributed by atoms with Crippen LogP contribution >= 0.6 is 0 Å². The number of carbonyl (C=O) groups excluding carboxylic acids is 1. The number of hydrogen-bond donors (Lipinski definition) is 1. The number of nitrogens with one attached hydrogen (secondary N) is 1. The van der Waals surface area contributed by atoms with Gasteiger partial charge < -0.3 is 10.1 Å². The predicted octanol–water partition coefficient (Wildman–Crippen LogP) is 2.78. The number of para-hydroxylation sites is 1. The topological polar surface area (TPSA) is 110 Å². The zero-order valence-electron chi connectivity index (χ0n) is 15.4. The number of ether oxygens (including phenoxy) is 1. The highest BCUT2D eigenvalue weighted by molar-refractivity contribution is 8.04. The molecule has 0 unspecified atom stereocenters. The Morgan fingerprint density at radius 2 is 1.64 bits per heavy atom. The molecule has 2 amide bonds. The summed E-state index contributed by atoms with van der Waals surface area (Å²) in [6.07, 6.45) is 0. The molecule has 0 atom stereocenters. The molecule has 1 aliphatic rings. The third-order valence-electron chi connectivity index (χ3n) is 4.32. The number of hydrogen-bond acceptors (Lipinski definition) is 6. The van der Waals surface area contributed by atoms with E-state index in [0.29, 0.717) is 0 Å². The van der Waals surface area contributed by atoms with E-state index < -0.39 is 37.6 Å². The largest absolute Gasteiger partial charge is 0.488 e. The van der Waals surface area contributed by atoms with Gasteiger partial charge >= 0.3 is 6.03 Å². The Labute approximate surface area is 164 Å². The van der Waals surface area contributed by atoms with Crippen molar-refractivity contribution in [3.63, 3.8) is 0 Å². The first-order valence-corrected chi connectivity index (χ1v) is 11.8. The maximum absolute atomic E-state index is 12.5. The zero-order chi connectivity index (χ0) is 20.5. The van der Waals surface area contributed by atoms with Gasteiger partial charge in [-0.2, -0.15) is 0 Å². The molecule has 1 N–H and O–H groups in total. The average molecular weight is 425 g/mol. The number of sulfonamides is 2. The molecule has 2 aromatic rings. The van der Waals surface area contributed by atoms with Gasteiger partial charge in [-0.25, -0.2) is 21.6 Å². The molecule has 8 nitrogen and oxygen atoms in total. The summed E-state index contributed by atoms with van der Waals surface area (Å²) in [6.45, 7) is 2.82.